The van der Waals surface area contributed by atoms with Gasteiger partial charge in [0.15, 0.2) is 0 Å². The van der Waals surface area contributed by atoms with Gasteiger partial charge in [-0.25, -0.2) is 9.37 Å². The third-order valence-corrected chi connectivity index (χ3v) is 4.54. The Morgan fingerprint density at radius 2 is 1.88 bits per heavy atom. The van der Waals surface area contributed by atoms with Gasteiger partial charge in [-0.3, -0.25) is 4.79 Å². The van der Waals surface area contributed by atoms with Gasteiger partial charge in [-0.2, -0.15) is 13.2 Å². The molecule has 0 saturated carbocycles. The quantitative estimate of drug-likeness (QED) is 0.415. The van der Waals surface area contributed by atoms with Gasteiger partial charge in [-0.15, -0.1) is 0 Å². The van der Waals surface area contributed by atoms with Crippen molar-refractivity contribution in [2.24, 2.45) is 0 Å². The molecule has 1 aromatic heterocycles. The summed E-state index contributed by atoms with van der Waals surface area (Å²) in [7, 11) is 0. The third kappa shape index (κ3) is 6.42. The van der Waals surface area contributed by atoms with Crippen LogP contribution in [0.15, 0.2) is 54.7 Å². The first kappa shape index (κ1) is 24.9. The minimum absolute atomic E-state index is 0.0381. The van der Waals surface area contributed by atoms with Gasteiger partial charge in [-0.1, -0.05) is 0 Å². The van der Waals surface area contributed by atoms with Crippen LogP contribution in [0.5, 0.6) is 17.4 Å². The van der Waals surface area contributed by atoms with E-state index in [1.807, 2.05) is 0 Å². The summed E-state index contributed by atoms with van der Waals surface area (Å²) in [5, 5.41) is 20.7. The molecule has 3 N–H and O–H groups in total. The van der Waals surface area contributed by atoms with E-state index in [1.54, 1.807) is 0 Å². The average Bonchev–Trinajstić information content (AvgIpc) is 2.78. The Morgan fingerprint density at radius 1 is 1.12 bits per heavy atom. The Balaban J connectivity index is 1.88. The maximum atomic E-state index is 13.4. The highest BCUT2D eigenvalue weighted by molar-refractivity contribution is 6.06. The summed E-state index contributed by atoms with van der Waals surface area (Å²) in [6.45, 7) is 0.757. The largest absolute Gasteiger partial charge is 0.475 e. The minimum atomic E-state index is -4.68. The molecule has 2 aromatic carbocycles. The van der Waals surface area contributed by atoms with E-state index in [0.29, 0.717) is 11.6 Å². The number of rotatable bonds is 8. The Morgan fingerprint density at radius 3 is 2.56 bits per heavy atom. The monoisotopic (exact) mass is 480 g/mol. The van der Waals surface area contributed by atoms with E-state index in [4.69, 9.17) is 14.6 Å². The summed E-state index contributed by atoms with van der Waals surface area (Å²) >= 11 is 0. The van der Waals surface area contributed by atoms with Gasteiger partial charge in [0.1, 0.15) is 30.0 Å². The normalized spacial score (nSPS) is 12.2. The summed E-state index contributed by atoms with van der Waals surface area (Å²) in [6.07, 6.45) is -4.49. The fraction of sp³-hybridized carbons (Fsp3) is 0.217. The fourth-order valence-electron chi connectivity index (χ4n) is 2.82. The number of amides is 1. The highest BCUT2D eigenvalue weighted by Gasteiger charge is 2.32. The topological polar surface area (TPSA) is 101 Å². The molecule has 0 saturated heterocycles. The molecule has 180 valence electrons. The first-order chi connectivity index (χ1) is 16.1. The standard InChI is InChI=1S/C23H20F4N2O5/c1-13-8-15(24)3-5-19(13)34-20-9-14(23(25,26)27)2-4-18(20)22(32)29-16-6-7-28-21(10-16)33-12-17(31)11-30/h2-10,17,30-31H,11-12H2,1H3,(H,28,29,32). The lowest BCUT2D eigenvalue weighted by atomic mass is 10.1. The van der Waals surface area contributed by atoms with Crippen LogP contribution in [-0.4, -0.2) is 40.4 Å². The summed E-state index contributed by atoms with van der Waals surface area (Å²) in [5.41, 5.74) is -0.699. The third-order valence-electron chi connectivity index (χ3n) is 4.54. The van der Waals surface area contributed by atoms with Crippen molar-refractivity contribution in [3.05, 3.63) is 77.2 Å². The van der Waals surface area contributed by atoms with Gasteiger partial charge < -0.3 is 25.0 Å². The molecule has 0 aliphatic rings. The van der Waals surface area contributed by atoms with Crippen LogP contribution in [0.1, 0.15) is 21.5 Å². The molecule has 1 unspecified atom stereocenters. The zero-order valence-electron chi connectivity index (χ0n) is 17.8. The van der Waals surface area contributed by atoms with E-state index in [2.05, 4.69) is 10.3 Å². The highest BCUT2D eigenvalue weighted by Crippen LogP contribution is 2.36. The summed E-state index contributed by atoms with van der Waals surface area (Å²) in [6, 6.07) is 8.64. The summed E-state index contributed by atoms with van der Waals surface area (Å²) < 4.78 is 64.0. The van der Waals surface area contributed by atoms with Crippen molar-refractivity contribution in [2.45, 2.75) is 19.2 Å². The van der Waals surface area contributed by atoms with E-state index in [1.165, 1.54) is 31.3 Å². The number of hydrogen-bond donors (Lipinski definition) is 3. The van der Waals surface area contributed by atoms with Crippen LogP contribution >= 0.6 is 0 Å². The second-order valence-electron chi connectivity index (χ2n) is 7.20. The number of carbonyl (C=O) groups is 1. The van der Waals surface area contributed by atoms with Crippen molar-refractivity contribution in [1.29, 1.82) is 0 Å². The van der Waals surface area contributed by atoms with Crippen LogP contribution in [0.3, 0.4) is 0 Å². The van der Waals surface area contributed by atoms with Crippen LogP contribution < -0.4 is 14.8 Å². The Labute approximate surface area is 191 Å². The van der Waals surface area contributed by atoms with Crippen LogP contribution in [0.2, 0.25) is 0 Å². The smallest absolute Gasteiger partial charge is 0.416 e. The maximum absolute atomic E-state index is 13.4. The van der Waals surface area contributed by atoms with Crippen molar-refractivity contribution in [3.63, 3.8) is 0 Å². The molecule has 3 aromatic rings. The van der Waals surface area contributed by atoms with Crippen molar-refractivity contribution in [1.82, 2.24) is 4.98 Å². The van der Waals surface area contributed by atoms with Crippen LogP contribution in [0.4, 0.5) is 23.2 Å². The predicted molar refractivity (Wildman–Crippen MR) is 113 cm³/mol. The number of benzene rings is 2. The van der Waals surface area contributed by atoms with Gasteiger partial charge >= 0.3 is 6.18 Å². The molecule has 3 rings (SSSR count). The molecule has 0 bridgehead atoms. The molecule has 0 aliphatic carbocycles. The van der Waals surface area contributed by atoms with Crippen molar-refractivity contribution >= 4 is 11.6 Å². The molecule has 1 amide bonds. The molecule has 7 nitrogen and oxygen atoms in total. The Bertz CT molecular complexity index is 1170. The average molecular weight is 480 g/mol. The lowest BCUT2D eigenvalue weighted by Crippen LogP contribution is -2.21. The number of carbonyl (C=O) groups excluding carboxylic acids is 1. The molecule has 1 atom stereocenters. The van der Waals surface area contributed by atoms with Gasteiger partial charge in [0.2, 0.25) is 5.88 Å². The number of nitrogens with one attached hydrogen (secondary N) is 1. The number of aromatic nitrogens is 1. The number of pyridine rings is 1. The van der Waals surface area contributed by atoms with Crippen molar-refractivity contribution in [2.75, 3.05) is 18.5 Å². The second kappa shape index (κ2) is 10.5. The molecule has 11 heteroatoms. The first-order valence-corrected chi connectivity index (χ1v) is 9.91. The van der Waals surface area contributed by atoms with Gasteiger partial charge in [0.05, 0.1) is 17.7 Å². The van der Waals surface area contributed by atoms with E-state index in [-0.39, 0.29) is 35.2 Å². The predicted octanol–water partition coefficient (Wildman–Crippen LogP) is 4.32. The molecule has 34 heavy (non-hydrogen) atoms. The molecular weight excluding hydrogens is 460 g/mol. The number of aliphatic hydroxyl groups excluding tert-OH is 2. The van der Waals surface area contributed by atoms with E-state index in [0.717, 1.165) is 24.3 Å². The number of ether oxygens (including phenoxy) is 2. The molecule has 0 spiro atoms. The number of nitrogens with zero attached hydrogens (tertiary/aromatic N) is 1. The SMILES string of the molecule is Cc1cc(F)ccc1Oc1cc(C(F)(F)F)ccc1C(=O)Nc1ccnc(OCC(O)CO)c1. The molecule has 1 heterocycles. The lowest BCUT2D eigenvalue weighted by Gasteiger charge is -2.16. The first-order valence-electron chi connectivity index (χ1n) is 9.91. The summed E-state index contributed by atoms with van der Waals surface area (Å²) in [4.78, 5) is 16.8. The second-order valence-corrected chi connectivity index (χ2v) is 7.20. The zero-order valence-corrected chi connectivity index (χ0v) is 17.8. The number of aryl methyl sites for hydroxylation is 1. The van der Waals surface area contributed by atoms with Gasteiger partial charge in [0, 0.05) is 18.0 Å². The Kier molecular flexibility index (Phi) is 7.69. The van der Waals surface area contributed by atoms with Crippen molar-refractivity contribution < 1.29 is 42.0 Å². The van der Waals surface area contributed by atoms with Crippen LogP contribution in [0, 0.1) is 12.7 Å². The van der Waals surface area contributed by atoms with E-state index >= 15 is 0 Å². The number of alkyl halides is 3. The van der Waals surface area contributed by atoms with Crippen LogP contribution in [-0.2, 0) is 6.18 Å². The van der Waals surface area contributed by atoms with E-state index in [9.17, 15) is 27.5 Å². The van der Waals surface area contributed by atoms with Crippen LogP contribution in [0.25, 0.3) is 0 Å². The van der Waals surface area contributed by atoms with E-state index < -0.39 is 36.2 Å². The molecule has 0 fully saturated rings. The number of hydrogen-bond acceptors (Lipinski definition) is 6. The van der Waals surface area contributed by atoms with Gasteiger partial charge in [0.25, 0.3) is 5.91 Å². The number of aliphatic hydroxyl groups is 2. The fourth-order valence-corrected chi connectivity index (χ4v) is 2.82. The lowest BCUT2D eigenvalue weighted by molar-refractivity contribution is -0.137. The minimum Gasteiger partial charge on any atom is -0.475 e. The highest BCUT2D eigenvalue weighted by atomic mass is 19.4. The maximum Gasteiger partial charge on any atom is 0.416 e. The molecular formula is C23H20F4N2O5. The number of anilines is 1. The Hall–Kier alpha value is -3.70. The molecule has 0 aliphatic heterocycles. The molecule has 0 radical (unpaired) electrons. The summed E-state index contributed by atoms with van der Waals surface area (Å²) in [5.74, 6) is -1.59. The van der Waals surface area contributed by atoms with Crippen molar-refractivity contribution in [3.8, 4) is 17.4 Å². The number of halogens is 4. The zero-order chi connectivity index (χ0) is 24.9. The van der Waals surface area contributed by atoms with Gasteiger partial charge in [-0.05, 0) is 55.0 Å².